The Morgan fingerprint density at radius 2 is 1.41 bits per heavy atom. The number of rotatable bonds is 3. The van der Waals surface area contributed by atoms with Gasteiger partial charge in [-0.05, 0) is 49.6 Å². The normalized spacial score (nSPS) is 18.1. The number of aromatic hydroxyl groups is 1. The molecule has 2 nitrogen and oxygen atoms in total. The number of phenols is 1. The molecule has 0 aromatic heterocycles. The highest BCUT2D eigenvalue weighted by molar-refractivity contribution is 5.92. The van der Waals surface area contributed by atoms with Crippen LogP contribution in [0.3, 0.4) is 0 Å². The zero-order valence-electron chi connectivity index (χ0n) is 16.2. The van der Waals surface area contributed by atoms with Crippen molar-refractivity contribution < 1.29 is 9.84 Å². The Morgan fingerprint density at radius 3 is 2.00 bits per heavy atom. The summed E-state index contributed by atoms with van der Waals surface area (Å²) in [6, 6.07) is 20.6. The Hall–Kier alpha value is -3.00. The fraction of sp³-hybridized carbons (Fsp3) is 0.200. The van der Waals surface area contributed by atoms with E-state index >= 15 is 0 Å². The second-order valence-electron chi connectivity index (χ2n) is 7.53. The Balaban J connectivity index is 2.02. The summed E-state index contributed by atoms with van der Waals surface area (Å²) >= 11 is 0. The van der Waals surface area contributed by atoms with E-state index in [9.17, 15) is 5.11 Å². The zero-order chi connectivity index (χ0) is 19.2. The van der Waals surface area contributed by atoms with Gasteiger partial charge in [0.1, 0.15) is 11.5 Å². The van der Waals surface area contributed by atoms with Crippen LogP contribution in [0.25, 0.3) is 5.57 Å². The lowest BCUT2D eigenvalue weighted by Crippen LogP contribution is -2.19. The minimum Gasteiger partial charge on any atom is -0.507 e. The van der Waals surface area contributed by atoms with Crippen LogP contribution in [0, 0.1) is 13.8 Å². The number of fused-ring (bicyclic) bond motifs is 1. The molecular weight excluding hydrogens is 332 g/mol. The molecule has 3 aromatic carbocycles. The molecule has 0 heterocycles. The summed E-state index contributed by atoms with van der Waals surface area (Å²) in [5.41, 5.74) is 7.27. The van der Waals surface area contributed by atoms with E-state index < -0.39 is 0 Å². The van der Waals surface area contributed by atoms with Gasteiger partial charge in [0.05, 0.1) is 7.11 Å². The minimum absolute atomic E-state index is 0.286. The van der Waals surface area contributed by atoms with Gasteiger partial charge >= 0.3 is 0 Å². The highest BCUT2D eigenvalue weighted by atomic mass is 16.5. The molecule has 1 aliphatic rings. The maximum absolute atomic E-state index is 10.8. The summed E-state index contributed by atoms with van der Waals surface area (Å²) < 4.78 is 5.71. The van der Waals surface area contributed by atoms with Crippen molar-refractivity contribution in [2.24, 2.45) is 0 Å². The van der Waals surface area contributed by atoms with Gasteiger partial charge in [0, 0.05) is 16.5 Å². The molecule has 1 unspecified atom stereocenters. The molecule has 0 bridgehead atoms. The lowest BCUT2D eigenvalue weighted by atomic mass is 9.77. The van der Waals surface area contributed by atoms with Gasteiger partial charge in [-0.2, -0.15) is 0 Å². The standard InChI is InChI=1S/C25H24O2/c1-16-5-9-18(10-6-16)20-15-25(3,19-11-7-17(2)8-12-19)24-22(27-4)14-13-21(26)23(20)24/h5-15,26H,1-4H3. The first-order chi connectivity index (χ1) is 12.9. The second kappa shape index (κ2) is 6.31. The first-order valence-electron chi connectivity index (χ1n) is 9.22. The minimum atomic E-state index is -0.382. The van der Waals surface area contributed by atoms with E-state index in [1.165, 1.54) is 16.7 Å². The maximum atomic E-state index is 10.8. The van der Waals surface area contributed by atoms with E-state index in [-0.39, 0.29) is 11.2 Å². The number of methoxy groups -OCH3 is 1. The Kier molecular flexibility index (Phi) is 4.07. The van der Waals surface area contributed by atoms with Crippen molar-refractivity contribution in [2.75, 3.05) is 7.11 Å². The second-order valence-corrected chi connectivity index (χ2v) is 7.53. The maximum Gasteiger partial charge on any atom is 0.124 e. The van der Waals surface area contributed by atoms with Crippen molar-refractivity contribution in [1.29, 1.82) is 0 Å². The summed E-state index contributed by atoms with van der Waals surface area (Å²) in [5, 5.41) is 10.8. The Morgan fingerprint density at radius 1 is 0.815 bits per heavy atom. The van der Waals surface area contributed by atoms with Crippen LogP contribution < -0.4 is 4.74 Å². The van der Waals surface area contributed by atoms with Crippen molar-refractivity contribution in [1.82, 2.24) is 0 Å². The number of allylic oxidation sites excluding steroid dienone is 1. The molecular formula is C25H24O2. The average molecular weight is 356 g/mol. The first kappa shape index (κ1) is 17.4. The predicted octanol–water partition coefficient (Wildman–Crippen LogP) is 5.77. The summed E-state index contributed by atoms with van der Waals surface area (Å²) in [4.78, 5) is 0. The largest absolute Gasteiger partial charge is 0.507 e. The van der Waals surface area contributed by atoms with Gasteiger partial charge in [-0.25, -0.2) is 0 Å². The van der Waals surface area contributed by atoms with Crippen molar-refractivity contribution in [3.8, 4) is 11.5 Å². The van der Waals surface area contributed by atoms with Crippen LogP contribution in [-0.2, 0) is 5.41 Å². The van der Waals surface area contributed by atoms with Gasteiger partial charge in [0.25, 0.3) is 0 Å². The molecule has 0 spiro atoms. The SMILES string of the molecule is COc1ccc(O)c2c1C(C)(c1ccc(C)cc1)C=C2c1ccc(C)cc1. The fourth-order valence-electron chi connectivity index (χ4n) is 4.05. The van der Waals surface area contributed by atoms with Gasteiger partial charge in [0.15, 0.2) is 0 Å². The van der Waals surface area contributed by atoms with Crippen LogP contribution in [0.5, 0.6) is 11.5 Å². The molecule has 0 aliphatic heterocycles. The van der Waals surface area contributed by atoms with E-state index in [2.05, 4.69) is 75.4 Å². The third-order valence-electron chi connectivity index (χ3n) is 5.60. The summed E-state index contributed by atoms with van der Waals surface area (Å²) in [6.07, 6.45) is 2.26. The van der Waals surface area contributed by atoms with Crippen molar-refractivity contribution in [3.05, 3.63) is 100 Å². The lowest BCUT2D eigenvalue weighted by molar-refractivity contribution is 0.401. The van der Waals surface area contributed by atoms with Crippen LogP contribution in [0.1, 0.15) is 40.3 Å². The topological polar surface area (TPSA) is 29.5 Å². The molecule has 1 N–H and O–H groups in total. The number of benzene rings is 3. The summed E-state index contributed by atoms with van der Waals surface area (Å²) in [5.74, 6) is 1.08. The average Bonchev–Trinajstić information content (AvgIpc) is 2.99. The van der Waals surface area contributed by atoms with E-state index in [0.717, 1.165) is 28.0 Å². The van der Waals surface area contributed by atoms with Gasteiger partial charge in [-0.3, -0.25) is 0 Å². The molecule has 0 saturated carbocycles. The summed E-state index contributed by atoms with van der Waals surface area (Å²) in [7, 11) is 1.69. The zero-order valence-corrected chi connectivity index (χ0v) is 16.2. The van der Waals surface area contributed by atoms with Crippen molar-refractivity contribution in [2.45, 2.75) is 26.2 Å². The molecule has 4 rings (SSSR count). The number of aryl methyl sites for hydroxylation is 2. The monoisotopic (exact) mass is 356 g/mol. The molecule has 27 heavy (non-hydrogen) atoms. The van der Waals surface area contributed by atoms with Crippen LogP contribution in [0.4, 0.5) is 0 Å². The Labute approximate surface area is 160 Å². The highest BCUT2D eigenvalue weighted by Crippen LogP contribution is 2.53. The number of hydrogen-bond donors (Lipinski definition) is 1. The van der Waals surface area contributed by atoms with E-state index in [0.29, 0.717) is 0 Å². The molecule has 1 aliphatic carbocycles. The highest BCUT2D eigenvalue weighted by Gasteiger charge is 2.40. The third kappa shape index (κ3) is 2.73. The molecule has 2 heteroatoms. The quantitative estimate of drug-likeness (QED) is 0.645. The van der Waals surface area contributed by atoms with Crippen LogP contribution in [0.15, 0.2) is 66.7 Å². The number of hydrogen-bond acceptors (Lipinski definition) is 2. The lowest BCUT2D eigenvalue weighted by Gasteiger charge is -2.27. The van der Waals surface area contributed by atoms with E-state index in [4.69, 9.17) is 4.74 Å². The van der Waals surface area contributed by atoms with Crippen molar-refractivity contribution in [3.63, 3.8) is 0 Å². The van der Waals surface area contributed by atoms with Crippen LogP contribution in [0.2, 0.25) is 0 Å². The van der Waals surface area contributed by atoms with Crippen molar-refractivity contribution >= 4 is 5.57 Å². The molecule has 0 fully saturated rings. The smallest absolute Gasteiger partial charge is 0.124 e. The molecule has 1 atom stereocenters. The third-order valence-corrected chi connectivity index (χ3v) is 5.60. The fourth-order valence-corrected chi connectivity index (χ4v) is 4.05. The molecule has 0 saturated heterocycles. The number of ether oxygens (including phenoxy) is 1. The first-order valence-corrected chi connectivity index (χ1v) is 9.22. The van der Waals surface area contributed by atoms with Crippen LogP contribution >= 0.6 is 0 Å². The molecule has 136 valence electrons. The molecule has 3 aromatic rings. The van der Waals surface area contributed by atoms with Gasteiger partial charge in [-0.1, -0.05) is 65.7 Å². The number of phenolic OH excluding ortho intramolecular Hbond substituents is 1. The summed E-state index contributed by atoms with van der Waals surface area (Å²) in [6.45, 7) is 6.37. The Bertz CT molecular complexity index is 1030. The van der Waals surface area contributed by atoms with Gasteiger partial charge in [-0.15, -0.1) is 0 Å². The van der Waals surface area contributed by atoms with E-state index in [1.54, 1.807) is 13.2 Å². The van der Waals surface area contributed by atoms with Gasteiger partial charge < -0.3 is 9.84 Å². The molecule has 0 radical (unpaired) electrons. The predicted molar refractivity (Wildman–Crippen MR) is 111 cm³/mol. The van der Waals surface area contributed by atoms with Crippen LogP contribution in [-0.4, -0.2) is 12.2 Å². The van der Waals surface area contributed by atoms with E-state index in [1.807, 2.05) is 6.07 Å². The molecule has 0 amide bonds. The van der Waals surface area contributed by atoms with Gasteiger partial charge in [0.2, 0.25) is 0 Å².